The molecule has 2 aliphatic heterocycles. The molecule has 408 valence electrons. The molecule has 0 saturated carbocycles. The summed E-state index contributed by atoms with van der Waals surface area (Å²) in [6.45, 7) is 39.5. The van der Waals surface area contributed by atoms with Gasteiger partial charge in [-0.05, 0) is 175 Å². The minimum absolute atomic E-state index is 0.00437. The van der Waals surface area contributed by atoms with E-state index >= 15 is 0 Å². The van der Waals surface area contributed by atoms with Crippen molar-refractivity contribution in [3.63, 3.8) is 0 Å². The highest BCUT2D eigenvalue weighted by molar-refractivity contribution is 7.00. The lowest BCUT2D eigenvalue weighted by molar-refractivity contribution is 0.589. The molecule has 0 radical (unpaired) electrons. The molecule has 0 saturated heterocycles. The molecule has 5 heteroatoms. The summed E-state index contributed by atoms with van der Waals surface area (Å²) >= 11 is 0. The number of rotatable bonds is 6. The van der Waals surface area contributed by atoms with Crippen molar-refractivity contribution in [1.82, 2.24) is 0 Å². The van der Waals surface area contributed by atoms with Crippen molar-refractivity contribution in [2.75, 3.05) is 14.7 Å². The largest absolute Gasteiger partial charge is 0.455 e. The van der Waals surface area contributed by atoms with Crippen molar-refractivity contribution in [3.8, 4) is 11.1 Å². The van der Waals surface area contributed by atoms with Crippen LogP contribution >= 0.6 is 0 Å². The van der Waals surface area contributed by atoms with Gasteiger partial charge in [0.15, 0.2) is 0 Å². The normalized spacial score (nSPS) is 13.7. The van der Waals surface area contributed by atoms with Crippen molar-refractivity contribution < 1.29 is 4.42 Å². The molecule has 0 fully saturated rings. The number of para-hydroxylation sites is 2. The fraction of sp³-hybridized carbons (Fsp3) is 0.289. The number of benzene rings is 9. The highest BCUT2D eigenvalue weighted by Crippen LogP contribution is 2.50. The first kappa shape index (κ1) is 53.9. The van der Waals surface area contributed by atoms with Crippen LogP contribution in [0.1, 0.15) is 143 Å². The zero-order valence-electron chi connectivity index (χ0n) is 51.1. The highest BCUT2D eigenvalue weighted by atomic mass is 16.3. The number of hydrogen-bond acceptors (Lipinski definition) is 4. The van der Waals surface area contributed by atoms with E-state index in [0.717, 1.165) is 55.8 Å². The Hall–Kier alpha value is -7.76. The minimum Gasteiger partial charge on any atom is -0.455 e. The molecule has 0 unspecified atom stereocenters. The average Bonchev–Trinajstić information content (AvgIpc) is 1.94. The fourth-order valence-corrected chi connectivity index (χ4v) is 12.7. The summed E-state index contributed by atoms with van der Waals surface area (Å²) < 4.78 is 6.65. The highest BCUT2D eigenvalue weighted by Gasteiger charge is 2.45. The van der Waals surface area contributed by atoms with Crippen LogP contribution in [0.15, 0.2) is 180 Å². The SMILES string of the molecule is Cc1cc(C(C)(C)C)cc(C)c1N1c2ccc(C(C)(C)C)cc2B2c3ccc(N(c4ccc(C(C)(C)C)cc4)c4ccc(C(C)(C)C)cc4)cc3N(c3ccc(-c4cccc5c4oc4ccccc45)cc3)c3cc(C(C)(C)C)cc1c32. The molecule has 10 aromatic rings. The third-order valence-electron chi connectivity index (χ3n) is 17.4. The smallest absolute Gasteiger partial charge is 0.252 e. The van der Waals surface area contributed by atoms with Crippen molar-refractivity contribution in [2.45, 2.75) is 145 Å². The quantitative estimate of drug-likeness (QED) is 0.155. The second-order valence-corrected chi connectivity index (χ2v) is 28.5. The van der Waals surface area contributed by atoms with Crippen LogP contribution in [0.25, 0.3) is 33.1 Å². The molecule has 2 aliphatic rings. The molecule has 4 nitrogen and oxygen atoms in total. The number of fused-ring (bicyclic) bond motifs is 7. The topological polar surface area (TPSA) is 22.9 Å². The fourth-order valence-electron chi connectivity index (χ4n) is 12.7. The molecule has 3 heterocycles. The van der Waals surface area contributed by atoms with Gasteiger partial charge in [-0.25, -0.2) is 0 Å². The molecule has 9 aromatic carbocycles. The Kier molecular flexibility index (Phi) is 12.6. The van der Waals surface area contributed by atoms with Gasteiger partial charge in [0.2, 0.25) is 0 Å². The predicted octanol–water partition coefficient (Wildman–Crippen LogP) is 19.9. The number of anilines is 9. The number of nitrogens with zero attached hydrogens (tertiary/aromatic N) is 3. The molecule has 0 N–H and O–H groups in total. The first-order valence-corrected chi connectivity index (χ1v) is 29.4. The van der Waals surface area contributed by atoms with Crippen molar-refractivity contribution in [3.05, 3.63) is 215 Å². The average molecular weight is 1060 g/mol. The second-order valence-electron chi connectivity index (χ2n) is 28.5. The summed E-state index contributed by atoms with van der Waals surface area (Å²) in [6.07, 6.45) is 0. The molecule has 81 heavy (non-hydrogen) atoms. The van der Waals surface area contributed by atoms with E-state index in [1.807, 2.05) is 0 Å². The van der Waals surface area contributed by atoms with E-state index < -0.39 is 0 Å². The van der Waals surface area contributed by atoms with Crippen LogP contribution in [0.5, 0.6) is 0 Å². The lowest BCUT2D eigenvalue weighted by atomic mass is 9.33. The Labute approximate surface area is 483 Å². The maximum Gasteiger partial charge on any atom is 0.252 e. The molecule has 0 amide bonds. The third kappa shape index (κ3) is 9.35. The van der Waals surface area contributed by atoms with E-state index in [2.05, 4.69) is 308 Å². The summed E-state index contributed by atoms with van der Waals surface area (Å²) in [6, 6.07) is 67.3. The minimum atomic E-state index is -0.179. The molecule has 12 rings (SSSR count). The first-order valence-electron chi connectivity index (χ1n) is 29.4. The summed E-state index contributed by atoms with van der Waals surface area (Å²) in [5.41, 5.74) is 27.4. The molecule has 0 aliphatic carbocycles. The Bertz CT molecular complexity index is 4010. The van der Waals surface area contributed by atoms with Gasteiger partial charge in [-0.15, -0.1) is 0 Å². The molecule has 1 aromatic heterocycles. The van der Waals surface area contributed by atoms with Gasteiger partial charge in [0, 0.05) is 61.8 Å². The van der Waals surface area contributed by atoms with E-state index in [1.54, 1.807) is 0 Å². The van der Waals surface area contributed by atoms with Gasteiger partial charge in [0.05, 0.1) is 5.69 Å². The zero-order chi connectivity index (χ0) is 57.5. The molecule has 0 atom stereocenters. The zero-order valence-corrected chi connectivity index (χ0v) is 51.1. The molecule has 0 spiro atoms. The van der Waals surface area contributed by atoms with Crippen LogP contribution in [-0.4, -0.2) is 6.71 Å². The van der Waals surface area contributed by atoms with E-state index in [4.69, 9.17) is 4.42 Å². The number of hydrogen-bond donors (Lipinski definition) is 0. The van der Waals surface area contributed by atoms with Gasteiger partial charge in [-0.1, -0.05) is 207 Å². The van der Waals surface area contributed by atoms with E-state index in [9.17, 15) is 0 Å². The Balaban J connectivity index is 1.15. The lowest BCUT2D eigenvalue weighted by Gasteiger charge is -2.46. The van der Waals surface area contributed by atoms with Crippen LogP contribution < -0.4 is 31.1 Å². The van der Waals surface area contributed by atoms with Crippen molar-refractivity contribution in [1.29, 1.82) is 0 Å². The number of aryl methyl sites for hydroxylation is 2. The maximum absolute atomic E-state index is 6.65. The first-order chi connectivity index (χ1) is 38.1. The van der Waals surface area contributed by atoms with Crippen LogP contribution in [0.3, 0.4) is 0 Å². The van der Waals surface area contributed by atoms with Gasteiger partial charge in [0.1, 0.15) is 11.2 Å². The van der Waals surface area contributed by atoms with Crippen LogP contribution in [-0.2, 0) is 27.1 Å². The van der Waals surface area contributed by atoms with Gasteiger partial charge in [-0.2, -0.15) is 0 Å². The molecule has 0 bridgehead atoms. The number of furan rings is 1. The Morgan fingerprint density at radius 1 is 0.383 bits per heavy atom. The van der Waals surface area contributed by atoms with E-state index in [-0.39, 0.29) is 33.8 Å². The van der Waals surface area contributed by atoms with Crippen molar-refractivity contribution in [2.24, 2.45) is 0 Å². The molecular formula is C76H80BN3O. The van der Waals surface area contributed by atoms with Gasteiger partial charge in [0.25, 0.3) is 6.71 Å². The monoisotopic (exact) mass is 1060 g/mol. The standard InChI is InChI=1S/C76H80BN3O/c1-47-41-53(75(12,13)14)42-48(2)70(47)80-64-40-31-52(74(9,10)11)43-63(64)77-62-39-38-58(78(55-34-27-50(28-35-55)72(3,4)5)56-36-29-51(30-37-56)73(6,7)8)46-65(62)79(66-44-54(76(15,16)17)45-67(80)69(66)77)57-32-25-49(26-33-57)59-22-20-23-61-60-21-18-19-24-68(60)81-71(59)61/h18-46H,1-17H3. The summed E-state index contributed by atoms with van der Waals surface area (Å²) in [5, 5.41) is 2.26. The summed E-state index contributed by atoms with van der Waals surface area (Å²) in [4.78, 5) is 7.70. The Morgan fingerprint density at radius 2 is 0.889 bits per heavy atom. The molecular weight excluding hydrogens is 982 g/mol. The van der Waals surface area contributed by atoms with Gasteiger partial charge < -0.3 is 19.1 Å². The predicted molar refractivity (Wildman–Crippen MR) is 351 cm³/mol. The van der Waals surface area contributed by atoms with Crippen LogP contribution in [0.4, 0.5) is 51.2 Å². The maximum atomic E-state index is 6.65. The van der Waals surface area contributed by atoms with Gasteiger partial charge in [-0.3, -0.25) is 0 Å². The van der Waals surface area contributed by atoms with Crippen molar-refractivity contribution >= 4 is 96.2 Å². The summed E-state index contributed by atoms with van der Waals surface area (Å²) in [7, 11) is 0. The van der Waals surface area contributed by atoms with E-state index in [1.165, 1.54) is 83.8 Å². The lowest BCUT2D eigenvalue weighted by Crippen LogP contribution is -2.61. The van der Waals surface area contributed by atoms with E-state index in [0.29, 0.717) is 0 Å². The van der Waals surface area contributed by atoms with Crippen LogP contribution in [0, 0.1) is 13.8 Å². The second kappa shape index (κ2) is 18.9. The Morgan fingerprint density at radius 3 is 1.46 bits per heavy atom. The third-order valence-corrected chi connectivity index (χ3v) is 17.4. The summed E-state index contributed by atoms with van der Waals surface area (Å²) in [5.74, 6) is 0. The van der Waals surface area contributed by atoms with Gasteiger partial charge >= 0.3 is 0 Å². The van der Waals surface area contributed by atoms with Crippen LogP contribution in [0.2, 0.25) is 0 Å².